The predicted octanol–water partition coefficient (Wildman–Crippen LogP) is 4.24. The maximum atomic E-state index is 15.3. The highest BCUT2D eigenvalue weighted by Crippen LogP contribution is 2.33. The Labute approximate surface area is 248 Å². The molecule has 13 heteroatoms. The molecule has 42 heavy (non-hydrogen) atoms. The molecule has 0 unspecified atom stereocenters. The van der Waals surface area contributed by atoms with Gasteiger partial charge in [-0.15, -0.1) is 0 Å². The second-order valence-corrected chi connectivity index (χ2v) is 11.0. The Balaban J connectivity index is 1.25. The first kappa shape index (κ1) is 29.6. The number of aromatic nitrogens is 6. The van der Waals surface area contributed by atoms with Gasteiger partial charge in [-0.05, 0) is 50.5 Å². The SMILES string of the molecule is Cc1nn(C)c(O[C@@H](C)CCNc2cc(Cl)ncc2-c2ncc(CN3CCC(O)CC3)cc2F)c1-c1nccc(N)n1. The Hall–Kier alpha value is -3.87. The number of pyridine rings is 2. The van der Waals surface area contributed by atoms with Gasteiger partial charge >= 0.3 is 0 Å². The fraction of sp³-hybridized carbons (Fsp3) is 0.414. The first-order valence-electron chi connectivity index (χ1n) is 13.9. The van der Waals surface area contributed by atoms with E-state index in [0.717, 1.165) is 37.2 Å². The van der Waals surface area contributed by atoms with E-state index in [4.69, 9.17) is 22.1 Å². The summed E-state index contributed by atoms with van der Waals surface area (Å²) < 4.78 is 23.3. The summed E-state index contributed by atoms with van der Waals surface area (Å²) in [6.45, 7) is 6.47. The molecule has 1 fully saturated rings. The summed E-state index contributed by atoms with van der Waals surface area (Å²) in [6, 6.07) is 4.80. The van der Waals surface area contributed by atoms with Crippen molar-refractivity contribution < 1.29 is 14.2 Å². The number of nitrogens with zero attached hydrogens (tertiary/aromatic N) is 7. The Morgan fingerprint density at radius 2 is 2.00 bits per heavy atom. The number of aliphatic hydroxyl groups excluding tert-OH is 1. The maximum Gasteiger partial charge on any atom is 0.223 e. The highest BCUT2D eigenvalue weighted by molar-refractivity contribution is 6.29. The molecular formula is C29H35ClFN9O2. The molecule has 4 N–H and O–H groups in total. The summed E-state index contributed by atoms with van der Waals surface area (Å²) in [5.41, 5.74) is 9.41. The van der Waals surface area contributed by atoms with Gasteiger partial charge in [0.05, 0.1) is 17.9 Å². The Morgan fingerprint density at radius 1 is 1.21 bits per heavy atom. The van der Waals surface area contributed by atoms with Crippen LogP contribution in [0, 0.1) is 12.7 Å². The number of halogens is 2. The quantitative estimate of drug-likeness (QED) is 0.228. The van der Waals surface area contributed by atoms with Crippen LogP contribution in [0.5, 0.6) is 5.88 Å². The topological polar surface area (TPSA) is 140 Å². The number of piperidine rings is 1. The first-order chi connectivity index (χ1) is 20.2. The van der Waals surface area contributed by atoms with Gasteiger partial charge in [-0.2, -0.15) is 5.10 Å². The third-order valence-corrected chi connectivity index (χ3v) is 7.44. The summed E-state index contributed by atoms with van der Waals surface area (Å²) in [5, 5.41) is 17.9. The number of nitrogen functional groups attached to an aromatic ring is 1. The summed E-state index contributed by atoms with van der Waals surface area (Å²) in [7, 11) is 1.80. The zero-order valence-electron chi connectivity index (χ0n) is 23.9. The highest BCUT2D eigenvalue weighted by atomic mass is 35.5. The van der Waals surface area contributed by atoms with Crippen LogP contribution < -0.4 is 15.8 Å². The molecule has 1 aliphatic heterocycles. The average Bonchev–Trinajstić information content (AvgIpc) is 3.22. The number of anilines is 2. The minimum Gasteiger partial charge on any atom is -0.474 e. The van der Waals surface area contributed by atoms with Crippen molar-refractivity contribution in [3.63, 3.8) is 0 Å². The summed E-state index contributed by atoms with van der Waals surface area (Å²) in [4.78, 5) is 19.5. The zero-order chi connectivity index (χ0) is 29.8. The number of ether oxygens (including phenoxy) is 1. The Kier molecular flexibility index (Phi) is 9.15. The van der Waals surface area contributed by atoms with E-state index >= 15 is 4.39 Å². The van der Waals surface area contributed by atoms with Gasteiger partial charge in [-0.1, -0.05) is 11.6 Å². The Morgan fingerprint density at radius 3 is 2.74 bits per heavy atom. The van der Waals surface area contributed by atoms with Gasteiger partial charge in [-0.3, -0.25) is 9.88 Å². The van der Waals surface area contributed by atoms with Crippen molar-refractivity contribution in [2.45, 2.75) is 51.9 Å². The second kappa shape index (κ2) is 13.0. The molecule has 1 aliphatic rings. The lowest BCUT2D eigenvalue weighted by Gasteiger charge is -2.29. The lowest BCUT2D eigenvalue weighted by atomic mass is 10.1. The number of aliphatic hydroxyl groups is 1. The molecule has 0 aliphatic carbocycles. The van der Waals surface area contributed by atoms with Gasteiger partial charge in [0, 0.05) is 69.5 Å². The minimum absolute atomic E-state index is 0.195. The number of nitrogens with one attached hydrogen (secondary N) is 1. The van der Waals surface area contributed by atoms with E-state index < -0.39 is 5.82 Å². The van der Waals surface area contributed by atoms with Crippen LogP contribution in [-0.4, -0.2) is 71.6 Å². The number of likely N-dealkylation sites (tertiary alicyclic amines) is 1. The van der Waals surface area contributed by atoms with E-state index in [0.29, 0.717) is 53.8 Å². The molecule has 4 aromatic heterocycles. The van der Waals surface area contributed by atoms with Crippen LogP contribution in [0.2, 0.25) is 5.15 Å². The van der Waals surface area contributed by atoms with Crippen molar-refractivity contribution in [2.75, 3.05) is 30.7 Å². The molecule has 5 rings (SSSR count). The highest BCUT2D eigenvalue weighted by Gasteiger charge is 2.22. The monoisotopic (exact) mass is 595 g/mol. The maximum absolute atomic E-state index is 15.3. The van der Waals surface area contributed by atoms with Crippen LogP contribution in [-0.2, 0) is 13.6 Å². The van der Waals surface area contributed by atoms with Gasteiger partial charge in [0.2, 0.25) is 5.88 Å². The number of hydrogen-bond acceptors (Lipinski definition) is 10. The minimum atomic E-state index is -0.434. The fourth-order valence-corrected chi connectivity index (χ4v) is 5.20. The van der Waals surface area contributed by atoms with E-state index in [1.165, 1.54) is 12.3 Å². The third kappa shape index (κ3) is 6.94. The van der Waals surface area contributed by atoms with Gasteiger partial charge in [0.15, 0.2) is 5.82 Å². The summed E-state index contributed by atoms with van der Waals surface area (Å²) >= 11 is 6.20. The standard InChI is InChI=1S/C29H35ClFN9O2/c1-17(42-29-26(18(2)38-39(29)3)28-34-9-5-25(32)37-28)4-8-33-23-13-24(30)35-15-21(23)27-22(31)12-19(14-36-27)16-40-10-6-20(41)7-11-40/h5,9,12-15,17,20,41H,4,6-8,10-11,16H2,1-3H3,(H,33,35)(H2,32,34,37)/t17-/m0/s1. The molecule has 5 heterocycles. The lowest BCUT2D eigenvalue weighted by Crippen LogP contribution is -2.35. The molecule has 0 spiro atoms. The van der Waals surface area contributed by atoms with E-state index in [2.05, 4.69) is 35.3 Å². The molecule has 0 aromatic carbocycles. The normalized spacial score (nSPS) is 15.1. The molecule has 4 aromatic rings. The van der Waals surface area contributed by atoms with Crippen LogP contribution in [0.15, 0.2) is 36.8 Å². The summed E-state index contributed by atoms with van der Waals surface area (Å²) in [6.07, 6.45) is 6.42. The smallest absolute Gasteiger partial charge is 0.223 e. The zero-order valence-corrected chi connectivity index (χ0v) is 24.6. The molecule has 0 amide bonds. The lowest BCUT2D eigenvalue weighted by molar-refractivity contribution is 0.0791. The Bertz CT molecular complexity index is 1540. The molecular weight excluding hydrogens is 561 g/mol. The van der Waals surface area contributed by atoms with Crippen molar-refractivity contribution in [1.82, 2.24) is 34.6 Å². The van der Waals surface area contributed by atoms with Gasteiger partial charge in [0.1, 0.15) is 28.0 Å². The number of aryl methyl sites for hydroxylation is 2. The van der Waals surface area contributed by atoms with Gasteiger partial charge in [-0.25, -0.2) is 24.0 Å². The van der Waals surface area contributed by atoms with Crippen molar-refractivity contribution >= 4 is 23.1 Å². The van der Waals surface area contributed by atoms with Crippen molar-refractivity contribution in [2.24, 2.45) is 7.05 Å². The largest absolute Gasteiger partial charge is 0.474 e. The van der Waals surface area contributed by atoms with E-state index in [-0.39, 0.29) is 23.1 Å². The van der Waals surface area contributed by atoms with E-state index in [1.54, 1.807) is 36.3 Å². The predicted molar refractivity (Wildman–Crippen MR) is 160 cm³/mol. The molecule has 1 saturated heterocycles. The van der Waals surface area contributed by atoms with Crippen LogP contribution in [0.25, 0.3) is 22.6 Å². The van der Waals surface area contributed by atoms with Crippen molar-refractivity contribution in [3.8, 4) is 28.5 Å². The molecule has 11 nitrogen and oxygen atoms in total. The van der Waals surface area contributed by atoms with Crippen LogP contribution >= 0.6 is 11.6 Å². The summed E-state index contributed by atoms with van der Waals surface area (Å²) in [5.74, 6) is 0.926. The number of nitrogens with two attached hydrogens (primary N) is 1. The van der Waals surface area contributed by atoms with Crippen molar-refractivity contribution in [1.29, 1.82) is 0 Å². The second-order valence-electron chi connectivity index (χ2n) is 10.6. The molecule has 0 saturated carbocycles. The van der Waals surface area contributed by atoms with E-state index in [1.807, 2.05) is 13.8 Å². The first-order valence-corrected chi connectivity index (χ1v) is 14.3. The van der Waals surface area contributed by atoms with Crippen LogP contribution in [0.1, 0.15) is 37.4 Å². The number of hydrogen-bond donors (Lipinski definition) is 3. The fourth-order valence-electron chi connectivity index (χ4n) is 5.04. The molecule has 0 radical (unpaired) electrons. The molecule has 222 valence electrons. The van der Waals surface area contributed by atoms with Crippen molar-refractivity contribution in [3.05, 3.63) is 59.0 Å². The molecule has 0 bridgehead atoms. The van der Waals surface area contributed by atoms with Crippen LogP contribution in [0.3, 0.4) is 0 Å². The molecule has 1 atom stereocenters. The van der Waals surface area contributed by atoms with Crippen LogP contribution in [0.4, 0.5) is 15.9 Å². The van der Waals surface area contributed by atoms with E-state index in [9.17, 15) is 5.11 Å². The van der Waals surface area contributed by atoms with Gasteiger partial charge in [0.25, 0.3) is 0 Å². The number of rotatable bonds is 10. The average molecular weight is 596 g/mol. The third-order valence-electron chi connectivity index (χ3n) is 7.24. The van der Waals surface area contributed by atoms with Gasteiger partial charge < -0.3 is 20.9 Å².